The maximum absolute atomic E-state index is 9.26. The first kappa shape index (κ1) is 10.9. The lowest BCUT2D eigenvalue weighted by atomic mass is 10.1. The third-order valence-electron chi connectivity index (χ3n) is 2.82. The largest absolute Gasteiger partial charge is 0.392 e. The summed E-state index contributed by atoms with van der Waals surface area (Å²) in [4.78, 5) is 2.34. The van der Waals surface area contributed by atoms with Crippen molar-refractivity contribution in [1.82, 2.24) is 4.67 Å². The summed E-state index contributed by atoms with van der Waals surface area (Å²) in [5, 5.41) is 9.26. The van der Waals surface area contributed by atoms with E-state index in [0.717, 1.165) is 31.7 Å². The molecule has 1 unspecified atom stereocenters. The standard InChI is InChI=1S/C11H17N2OP/c14-9-10-3-1-2-4-11(10)12-5-7-13(15)8-6-12/h1-4,14H,5-9,15H2. The van der Waals surface area contributed by atoms with Crippen molar-refractivity contribution in [2.24, 2.45) is 0 Å². The van der Waals surface area contributed by atoms with E-state index in [4.69, 9.17) is 0 Å². The summed E-state index contributed by atoms with van der Waals surface area (Å²) in [6.07, 6.45) is 0. The number of benzene rings is 1. The topological polar surface area (TPSA) is 26.7 Å². The smallest absolute Gasteiger partial charge is 0.0702 e. The van der Waals surface area contributed by atoms with E-state index in [-0.39, 0.29) is 6.61 Å². The highest BCUT2D eigenvalue weighted by Crippen LogP contribution is 2.22. The van der Waals surface area contributed by atoms with E-state index in [0.29, 0.717) is 0 Å². The van der Waals surface area contributed by atoms with Crippen molar-refractivity contribution in [3.8, 4) is 0 Å². The quantitative estimate of drug-likeness (QED) is 0.762. The minimum atomic E-state index is 0.122. The van der Waals surface area contributed by atoms with Crippen molar-refractivity contribution >= 4 is 15.1 Å². The van der Waals surface area contributed by atoms with Gasteiger partial charge in [0.1, 0.15) is 0 Å². The first-order valence-corrected chi connectivity index (χ1v) is 5.76. The van der Waals surface area contributed by atoms with Crippen molar-refractivity contribution < 1.29 is 5.11 Å². The second-order valence-electron chi connectivity index (χ2n) is 3.81. The number of rotatable bonds is 2. The lowest BCUT2D eigenvalue weighted by Gasteiger charge is -2.34. The van der Waals surface area contributed by atoms with E-state index in [9.17, 15) is 5.11 Å². The molecule has 1 atom stereocenters. The van der Waals surface area contributed by atoms with Crippen LogP contribution in [0.5, 0.6) is 0 Å². The zero-order valence-corrected chi connectivity index (χ0v) is 9.92. The number of anilines is 1. The Hall–Kier alpha value is -0.630. The first-order chi connectivity index (χ1) is 7.31. The number of aliphatic hydroxyl groups is 1. The van der Waals surface area contributed by atoms with Gasteiger partial charge in [0.15, 0.2) is 0 Å². The average Bonchev–Trinajstić information content (AvgIpc) is 2.30. The molecule has 0 saturated carbocycles. The van der Waals surface area contributed by atoms with Gasteiger partial charge < -0.3 is 10.0 Å². The number of nitrogens with zero attached hydrogens (tertiary/aromatic N) is 2. The van der Waals surface area contributed by atoms with E-state index < -0.39 is 0 Å². The highest BCUT2D eigenvalue weighted by Gasteiger charge is 2.16. The minimum Gasteiger partial charge on any atom is -0.392 e. The Morgan fingerprint density at radius 1 is 1.13 bits per heavy atom. The summed E-state index contributed by atoms with van der Waals surface area (Å²) < 4.78 is 2.25. The zero-order chi connectivity index (χ0) is 10.7. The number of hydrogen-bond acceptors (Lipinski definition) is 3. The molecule has 3 nitrogen and oxygen atoms in total. The molecule has 15 heavy (non-hydrogen) atoms. The Morgan fingerprint density at radius 3 is 2.47 bits per heavy atom. The van der Waals surface area contributed by atoms with Crippen LogP contribution >= 0.6 is 9.39 Å². The summed E-state index contributed by atoms with van der Waals surface area (Å²) in [6, 6.07) is 8.08. The predicted octanol–water partition coefficient (Wildman–Crippen LogP) is 1.09. The monoisotopic (exact) mass is 224 g/mol. The van der Waals surface area contributed by atoms with Gasteiger partial charge in [0.05, 0.1) is 6.61 Å². The van der Waals surface area contributed by atoms with Crippen LogP contribution in [-0.4, -0.2) is 36.0 Å². The molecule has 0 radical (unpaired) electrons. The molecule has 2 rings (SSSR count). The van der Waals surface area contributed by atoms with Gasteiger partial charge >= 0.3 is 0 Å². The second kappa shape index (κ2) is 4.93. The van der Waals surface area contributed by atoms with Crippen molar-refractivity contribution in [2.45, 2.75) is 6.61 Å². The van der Waals surface area contributed by atoms with Crippen molar-refractivity contribution in [2.75, 3.05) is 31.1 Å². The van der Waals surface area contributed by atoms with E-state index in [1.54, 1.807) is 0 Å². The van der Waals surface area contributed by atoms with Crippen LogP contribution < -0.4 is 4.90 Å². The lowest BCUT2D eigenvalue weighted by molar-refractivity contribution is 0.281. The highest BCUT2D eigenvalue weighted by atomic mass is 31.0. The summed E-state index contributed by atoms with van der Waals surface area (Å²) >= 11 is 0. The summed E-state index contributed by atoms with van der Waals surface area (Å²) in [5.74, 6) is 0. The molecule has 1 heterocycles. The molecule has 0 aliphatic carbocycles. The van der Waals surface area contributed by atoms with Crippen LogP contribution in [0.2, 0.25) is 0 Å². The molecular weight excluding hydrogens is 207 g/mol. The SMILES string of the molecule is OCc1ccccc1N1CCN(P)CC1. The van der Waals surface area contributed by atoms with E-state index >= 15 is 0 Å². The molecule has 1 aliphatic rings. The van der Waals surface area contributed by atoms with Crippen molar-refractivity contribution in [3.05, 3.63) is 29.8 Å². The maximum Gasteiger partial charge on any atom is 0.0702 e. The second-order valence-corrected chi connectivity index (χ2v) is 4.54. The molecular formula is C11H17N2OP. The number of aliphatic hydroxyl groups excluding tert-OH is 1. The molecule has 1 aromatic carbocycles. The lowest BCUT2D eigenvalue weighted by Crippen LogP contribution is -2.42. The van der Waals surface area contributed by atoms with E-state index in [1.165, 1.54) is 5.69 Å². The fourth-order valence-corrected chi connectivity index (χ4v) is 2.15. The van der Waals surface area contributed by atoms with Gasteiger partial charge in [-0.05, 0) is 6.07 Å². The third kappa shape index (κ3) is 2.49. The molecule has 1 N–H and O–H groups in total. The van der Waals surface area contributed by atoms with Gasteiger partial charge in [0.2, 0.25) is 0 Å². The van der Waals surface area contributed by atoms with Crippen LogP contribution in [0.15, 0.2) is 24.3 Å². The molecule has 0 amide bonds. The van der Waals surface area contributed by atoms with Gasteiger partial charge in [-0.15, -0.1) is 0 Å². The first-order valence-electron chi connectivity index (χ1n) is 5.24. The molecule has 0 bridgehead atoms. The Morgan fingerprint density at radius 2 is 1.80 bits per heavy atom. The molecule has 1 aliphatic heterocycles. The van der Waals surface area contributed by atoms with Crippen molar-refractivity contribution in [3.63, 3.8) is 0 Å². The average molecular weight is 224 g/mol. The summed E-state index contributed by atoms with van der Waals surface area (Å²) in [6.45, 7) is 4.30. The van der Waals surface area contributed by atoms with Crippen LogP contribution in [0.1, 0.15) is 5.56 Å². The predicted molar refractivity (Wildman–Crippen MR) is 65.9 cm³/mol. The van der Waals surface area contributed by atoms with Gasteiger partial charge in [-0.3, -0.25) is 4.67 Å². The molecule has 1 fully saturated rings. The fraction of sp³-hybridized carbons (Fsp3) is 0.455. The van der Waals surface area contributed by atoms with E-state index in [1.807, 2.05) is 18.2 Å². The molecule has 0 spiro atoms. The number of piperazine rings is 1. The van der Waals surface area contributed by atoms with Gasteiger partial charge in [-0.25, -0.2) is 0 Å². The van der Waals surface area contributed by atoms with Crippen molar-refractivity contribution in [1.29, 1.82) is 0 Å². The molecule has 1 saturated heterocycles. The molecule has 1 aromatic rings. The number of para-hydroxylation sites is 1. The van der Waals surface area contributed by atoms with Gasteiger partial charge in [-0.2, -0.15) is 0 Å². The normalized spacial score (nSPS) is 18.1. The Bertz CT molecular complexity index is 324. The van der Waals surface area contributed by atoms with Crippen LogP contribution in [0.25, 0.3) is 0 Å². The Labute approximate surface area is 93.0 Å². The Balaban J connectivity index is 2.15. The molecule has 0 aromatic heterocycles. The maximum atomic E-state index is 9.26. The van der Waals surface area contributed by atoms with E-state index in [2.05, 4.69) is 25.0 Å². The fourth-order valence-electron chi connectivity index (χ4n) is 1.92. The van der Waals surface area contributed by atoms with Crippen LogP contribution in [-0.2, 0) is 6.61 Å². The third-order valence-corrected chi connectivity index (χ3v) is 3.33. The van der Waals surface area contributed by atoms with Gasteiger partial charge in [-0.1, -0.05) is 27.6 Å². The van der Waals surface area contributed by atoms with Crippen LogP contribution in [0.4, 0.5) is 5.69 Å². The van der Waals surface area contributed by atoms with Gasteiger partial charge in [0.25, 0.3) is 0 Å². The minimum absolute atomic E-state index is 0.122. The summed E-state index contributed by atoms with van der Waals surface area (Å²) in [7, 11) is 2.74. The highest BCUT2D eigenvalue weighted by molar-refractivity contribution is 7.13. The zero-order valence-electron chi connectivity index (χ0n) is 8.76. The van der Waals surface area contributed by atoms with Crippen LogP contribution in [0.3, 0.4) is 0 Å². The van der Waals surface area contributed by atoms with Crippen LogP contribution in [0, 0.1) is 0 Å². The Kier molecular flexibility index (Phi) is 3.57. The van der Waals surface area contributed by atoms with Gasteiger partial charge in [0, 0.05) is 37.4 Å². The molecule has 4 heteroatoms. The summed E-state index contributed by atoms with van der Waals surface area (Å²) in [5.41, 5.74) is 2.20. The molecule has 82 valence electrons. The number of hydrogen-bond donors (Lipinski definition) is 1.